The van der Waals surface area contributed by atoms with Crippen LogP contribution in [-0.2, 0) is 9.84 Å². The van der Waals surface area contributed by atoms with E-state index in [0.717, 1.165) is 0 Å². The van der Waals surface area contributed by atoms with E-state index in [-0.39, 0.29) is 17.4 Å². The average Bonchev–Trinajstić information content (AvgIpc) is 2.53. The van der Waals surface area contributed by atoms with Gasteiger partial charge < -0.3 is 4.90 Å². The minimum atomic E-state index is -4.45. The Hall–Kier alpha value is -0.870. The van der Waals surface area contributed by atoms with Crippen LogP contribution in [-0.4, -0.2) is 39.1 Å². The van der Waals surface area contributed by atoms with Gasteiger partial charge in [0.15, 0.2) is 9.84 Å². The van der Waals surface area contributed by atoms with Crippen molar-refractivity contribution in [1.82, 2.24) is 4.90 Å². The Morgan fingerprint density at radius 1 is 1.53 bits per heavy atom. The van der Waals surface area contributed by atoms with Gasteiger partial charge in [0.2, 0.25) is 0 Å². The summed E-state index contributed by atoms with van der Waals surface area (Å²) in [6.07, 6.45) is -3.87. The summed E-state index contributed by atoms with van der Waals surface area (Å²) in [6, 6.07) is 5.77. The first-order valence-electron chi connectivity index (χ1n) is 9.77. The topological polar surface area (TPSA) is 37.4 Å². The number of hydrogen-bond acceptors (Lipinski definition) is 3. The Bertz CT molecular complexity index is 756. The zero-order chi connectivity index (χ0) is 20.0. The van der Waals surface area contributed by atoms with Crippen LogP contribution in [0.1, 0.15) is 47.2 Å². The Morgan fingerprint density at radius 3 is 3.11 bits per heavy atom. The van der Waals surface area contributed by atoms with Crippen LogP contribution in [0.3, 0.4) is 0 Å². The fourth-order valence-corrected chi connectivity index (χ4v) is 2.99. The van der Waals surface area contributed by atoms with Crippen LogP contribution in [0.25, 0.3) is 0 Å². The minimum Gasteiger partial charge on any atom is -0.303 e. The molecule has 0 bridgehead atoms. The minimum absolute atomic E-state index is 0.201. The summed E-state index contributed by atoms with van der Waals surface area (Å²) in [4.78, 5) is 1.16. The summed E-state index contributed by atoms with van der Waals surface area (Å²) in [5.41, 5.74) is 0.618. The molecule has 0 aromatic heterocycles. The fraction of sp³-hybridized carbons (Fsp3) is 0.600. The lowest BCUT2D eigenvalue weighted by atomic mass is 9.90. The lowest BCUT2D eigenvalue weighted by Gasteiger charge is -2.32. The molecule has 1 aromatic carbocycles. The van der Waals surface area contributed by atoms with E-state index in [1.165, 1.54) is 30.0 Å². The summed E-state index contributed by atoms with van der Waals surface area (Å²) < 4.78 is 77.6. The number of nitrogens with zero attached hydrogens (tertiary/aromatic N) is 1. The molecular formula is C15H23NO2S. The summed E-state index contributed by atoms with van der Waals surface area (Å²) in [6.45, 7) is -0.323. The third kappa shape index (κ3) is 3.80. The van der Waals surface area contributed by atoms with Crippen LogP contribution in [0.15, 0.2) is 29.2 Å². The number of sulfone groups is 1. The van der Waals surface area contributed by atoms with Crippen LogP contribution in [0.4, 0.5) is 0 Å². The number of rotatable bonds is 4. The molecule has 1 aliphatic rings. The van der Waals surface area contributed by atoms with Gasteiger partial charge >= 0.3 is 0 Å². The average molecular weight is 288 g/mol. The first kappa shape index (κ1) is 7.79. The summed E-state index contributed by atoms with van der Waals surface area (Å²) in [5.74, 6) is -0.201. The maximum Gasteiger partial charge on any atom is 0.175 e. The van der Waals surface area contributed by atoms with Crippen LogP contribution < -0.4 is 0 Å². The summed E-state index contributed by atoms with van der Waals surface area (Å²) >= 11 is 0. The molecule has 1 atom stereocenters. The van der Waals surface area contributed by atoms with E-state index in [4.69, 9.17) is 9.60 Å². The van der Waals surface area contributed by atoms with E-state index in [9.17, 15) is 8.42 Å². The highest BCUT2D eigenvalue weighted by Crippen LogP contribution is 2.28. The lowest BCUT2D eigenvalue weighted by molar-refractivity contribution is 0.208. The molecule has 1 saturated heterocycles. The number of benzene rings is 1. The maximum absolute atomic E-state index is 12.2. The van der Waals surface area contributed by atoms with Crippen molar-refractivity contribution < 1.29 is 18.0 Å². The standard InChI is InChI=1S/C15H23NO2S/c1-3-9-16-10-5-7-14(12-16)13-6-4-8-15(11-13)19(2,17)18/h4,6,8,11,14H,3,5,7,9-10,12H2,1-2H3/t14-/m0/s1/i2D3,3D2,9D2. The molecule has 19 heavy (non-hydrogen) atoms. The van der Waals surface area contributed by atoms with E-state index < -0.39 is 28.9 Å². The molecule has 0 unspecified atom stereocenters. The largest absolute Gasteiger partial charge is 0.303 e. The molecule has 2 rings (SSSR count). The van der Waals surface area contributed by atoms with E-state index in [1.54, 1.807) is 6.07 Å². The number of piperidine rings is 1. The summed E-state index contributed by atoms with van der Waals surface area (Å²) in [5, 5.41) is 0. The van der Waals surface area contributed by atoms with Crippen molar-refractivity contribution in [3.8, 4) is 0 Å². The van der Waals surface area contributed by atoms with Gasteiger partial charge in [-0.25, -0.2) is 8.42 Å². The van der Waals surface area contributed by atoms with Crippen LogP contribution in [0.5, 0.6) is 0 Å². The Morgan fingerprint density at radius 2 is 2.37 bits per heavy atom. The SMILES string of the molecule is [2H]C([2H])(C)C([2H])([2H])N1CCC[C@H](c2cccc(S(=O)(=O)C([2H])([2H])[2H])c2)C1. The second kappa shape index (κ2) is 6.06. The normalized spacial score (nSPS) is 29.1. The molecule has 1 fully saturated rings. The van der Waals surface area contributed by atoms with E-state index in [2.05, 4.69) is 0 Å². The van der Waals surface area contributed by atoms with Crippen molar-refractivity contribution in [3.05, 3.63) is 29.8 Å². The quantitative estimate of drug-likeness (QED) is 0.855. The van der Waals surface area contributed by atoms with Gasteiger partial charge in [0, 0.05) is 22.3 Å². The fourth-order valence-electron chi connectivity index (χ4n) is 2.44. The van der Waals surface area contributed by atoms with Crippen molar-refractivity contribution in [3.63, 3.8) is 0 Å². The van der Waals surface area contributed by atoms with Gasteiger partial charge in [-0.15, -0.1) is 0 Å². The third-order valence-corrected chi connectivity index (χ3v) is 4.21. The van der Waals surface area contributed by atoms with Gasteiger partial charge in [0.1, 0.15) is 0 Å². The molecule has 1 heterocycles. The van der Waals surface area contributed by atoms with Crippen molar-refractivity contribution in [1.29, 1.82) is 0 Å². The molecule has 3 nitrogen and oxygen atoms in total. The van der Waals surface area contributed by atoms with Crippen LogP contribution in [0.2, 0.25) is 0 Å². The van der Waals surface area contributed by atoms with Gasteiger partial charge in [-0.2, -0.15) is 0 Å². The second-order valence-corrected chi connectivity index (χ2v) is 6.20. The van der Waals surface area contributed by atoms with Crippen molar-refractivity contribution >= 4 is 9.84 Å². The van der Waals surface area contributed by atoms with Crippen LogP contribution in [0, 0.1) is 0 Å². The predicted molar refractivity (Wildman–Crippen MR) is 78.3 cm³/mol. The number of hydrogen-bond donors (Lipinski definition) is 0. The molecule has 106 valence electrons. The van der Waals surface area contributed by atoms with Gasteiger partial charge in [-0.3, -0.25) is 0 Å². The zero-order valence-electron chi connectivity index (χ0n) is 17.9. The van der Waals surface area contributed by atoms with E-state index in [1.807, 2.05) is 0 Å². The Kier molecular flexibility index (Phi) is 2.48. The molecular weight excluding hydrogens is 258 g/mol. The zero-order valence-corrected chi connectivity index (χ0v) is 11.7. The van der Waals surface area contributed by atoms with Gasteiger partial charge in [-0.1, -0.05) is 19.1 Å². The van der Waals surface area contributed by atoms with Crippen molar-refractivity contribution in [2.45, 2.75) is 37.0 Å². The monoisotopic (exact) mass is 288 g/mol. The lowest BCUT2D eigenvalue weighted by Crippen LogP contribution is -2.34. The molecule has 0 radical (unpaired) electrons. The molecule has 0 aliphatic carbocycles. The summed E-state index contributed by atoms with van der Waals surface area (Å²) in [7, 11) is -4.45. The van der Waals surface area contributed by atoms with Crippen molar-refractivity contribution in [2.24, 2.45) is 0 Å². The van der Waals surface area contributed by atoms with Gasteiger partial charge in [-0.05, 0) is 55.9 Å². The maximum atomic E-state index is 12.2. The number of likely N-dealkylation sites (tertiary alicyclic amines) is 1. The van der Waals surface area contributed by atoms with E-state index >= 15 is 0 Å². The van der Waals surface area contributed by atoms with Crippen LogP contribution >= 0.6 is 0 Å². The highest BCUT2D eigenvalue weighted by atomic mass is 32.2. The first-order chi connectivity index (χ1) is 11.7. The predicted octanol–water partition coefficient (Wildman–Crippen LogP) is 2.68. The molecule has 0 N–H and O–H groups in total. The van der Waals surface area contributed by atoms with Gasteiger partial charge in [0.05, 0.1) is 4.90 Å². The third-order valence-electron chi connectivity index (χ3n) is 3.33. The Balaban J connectivity index is 2.31. The highest BCUT2D eigenvalue weighted by molar-refractivity contribution is 7.90. The smallest absolute Gasteiger partial charge is 0.175 e. The Labute approximate surface area is 126 Å². The van der Waals surface area contributed by atoms with E-state index in [0.29, 0.717) is 24.9 Å². The van der Waals surface area contributed by atoms with Crippen molar-refractivity contribution in [2.75, 3.05) is 25.8 Å². The second-order valence-electron chi connectivity index (χ2n) is 4.72. The molecule has 1 aliphatic heterocycles. The molecule has 0 saturated carbocycles. The molecule has 4 heteroatoms. The van der Waals surface area contributed by atoms with Gasteiger partial charge in [0.25, 0.3) is 0 Å². The molecule has 0 amide bonds. The first-order valence-corrected chi connectivity index (χ1v) is 7.76. The molecule has 1 aromatic rings. The molecule has 0 spiro atoms. The highest BCUT2D eigenvalue weighted by Gasteiger charge is 2.21.